The van der Waals surface area contributed by atoms with E-state index in [-0.39, 0.29) is 17.0 Å². The number of nitrogens with zero attached hydrogens (tertiary/aromatic N) is 2. The molecule has 1 heterocycles. The van der Waals surface area contributed by atoms with E-state index in [9.17, 15) is 0 Å². The normalized spacial score (nSPS) is 21.4. The van der Waals surface area contributed by atoms with Crippen molar-refractivity contribution >= 4 is 27.5 Å². The number of oxime groups is 1. The molecule has 3 N–H and O–H groups in total. The van der Waals surface area contributed by atoms with Gasteiger partial charge in [-0.25, -0.2) is 0 Å². The third-order valence-corrected chi connectivity index (χ3v) is 3.87. The fourth-order valence-electron chi connectivity index (χ4n) is 2.99. The van der Waals surface area contributed by atoms with Gasteiger partial charge in [-0.15, -0.1) is 0 Å². The van der Waals surface area contributed by atoms with Gasteiger partial charge in [0.1, 0.15) is 0 Å². The van der Waals surface area contributed by atoms with Gasteiger partial charge in [-0.05, 0) is 45.9 Å². The Kier molecular flexibility index (Phi) is 4.22. The molecule has 0 unspecified atom stereocenters. The number of ether oxygens (including phenoxy) is 1. The number of rotatable bonds is 2. The average molecular weight is 356 g/mol. The highest BCUT2D eigenvalue weighted by molar-refractivity contribution is 9.10. The van der Waals surface area contributed by atoms with Gasteiger partial charge < -0.3 is 20.6 Å². The van der Waals surface area contributed by atoms with Gasteiger partial charge in [-0.1, -0.05) is 21.1 Å². The lowest BCUT2D eigenvalue weighted by atomic mass is 9.97. The predicted molar refractivity (Wildman–Crippen MR) is 88.1 cm³/mol. The van der Waals surface area contributed by atoms with Crippen molar-refractivity contribution in [2.75, 3.05) is 18.0 Å². The summed E-state index contributed by atoms with van der Waals surface area (Å²) in [6.45, 7) is 9.76. The van der Waals surface area contributed by atoms with E-state index >= 15 is 0 Å². The molecule has 0 aliphatic carbocycles. The number of amidine groups is 1. The average Bonchev–Trinajstić information content (AvgIpc) is 2.34. The number of nitrogens with two attached hydrogens (primary N) is 1. The molecule has 0 atom stereocenters. The van der Waals surface area contributed by atoms with Gasteiger partial charge in [0.15, 0.2) is 5.84 Å². The number of anilines is 1. The second-order valence-corrected chi connectivity index (χ2v) is 7.54. The van der Waals surface area contributed by atoms with Crippen LogP contribution in [0.1, 0.15) is 33.3 Å². The van der Waals surface area contributed by atoms with E-state index in [1.807, 2.05) is 18.2 Å². The first-order valence-corrected chi connectivity index (χ1v) is 7.65. The Labute approximate surface area is 133 Å². The molecule has 21 heavy (non-hydrogen) atoms. The first-order valence-electron chi connectivity index (χ1n) is 6.86. The summed E-state index contributed by atoms with van der Waals surface area (Å²) in [5.74, 6) is 0.111. The molecule has 0 radical (unpaired) electrons. The van der Waals surface area contributed by atoms with E-state index in [2.05, 4.69) is 53.7 Å². The second kappa shape index (κ2) is 5.50. The van der Waals surface area contributed by atoms with Gasteiger partial charge in [0, 0.05) is 28.8 Å². The van der Waals surface area contributed by atoms with E-state index in [4.69, 9.17) is 15.7 Å². The highest BCUT2D eigenvalue weighted by Crippen LogP contribution is 2.34. The third kappa shape index (κ3) is 3.68. The quantitative estimate of drug-likeness (QED) is 0.370. The Hall–Kier alpha value is -1.27. The van der Waals surface area contributed by atoms with Crippen LogP contribution in [0.15, 0.2) is 27.8 Å². The Bertz CT molecular complexity index is 554. The van der Waals surface area contributed by atoms with Gasteiger partial charge in [-0.3, -0.25) is 0 Å². The van der Waals surface area contributed by atoms with Gasteiger partial charge in [0.25, 0.3) is 0 Å². The van der Waals surface area contributed by atoms with Gasteiger partial charge in [-0.2, -0.15) is 0 Å². The van der Waals surface area contributed by atoms with Gasteiger partial charge in [0.2, 0.25) is 0 Å². The molecule has 1 aromatic rings. The molecule has 2 rings (SSSR count). The van der Waals surface area contributed by atoms with E-state index in [0.717, 1.165) is 23.2 Å². The van der Waals surface area contributed by atoms with Crippen LogP contribution in [0, 0.1) is 0 Å². The standard InChI is InChI=1S/C15H22BrN3O2/c1-14(2)8-19(9-15(3,4)21-14)12-7-10(16)5-6-11(12)13(17)18-20/h5-7,20H,8-9H2,1-4H3,(H2,17,18). The smallest absolute Gasteiger partial charge is 0.172 e. The fraction of sp³-hybridized carbons (Fsp3) is 0.533. The minimum absolute atomic E-state index is 0.111. The fourth-order valence-corrected chi connectivity index (χ4v) is 3.34. The van der Waals surface area contributed by atoms with E-state index in [1.54, 1.807) is 0 Å². The molecule has 1 aliphatic heterocycles. The van der Waals surface area contributed by atoms with E-state index in [0.29, 0.717) is 5.56 Å². The van der Waals surface area contributed by atoms with Crippen LogP contribution in [0.25, 0.3) is 0 Å². The zero-order valence-corrected chi connectivity index (χ0v) is 14.4. The molecule has 0 saturated carbocycles. The first-order chi connectivity index (χ1) is 9.63. The Balaban J connectivity index is 2.47. The molecule has 0 bridgehead atoms. The van der Waals surface area contributed by atoms with E-state index < -0.39 is 0 Å². The lowest BCUT2D eigenvalue weighted by molar-refractivity contribution is -0.133. The summed E-state index contributed by atoms with van der Waals surface area (Å²) in [5, 5.41) is 12.1. The third-order valence-electron chi connectivity index (χ3n) is 3.38. The minimum atomic E-state index is -0.271. The summed E-state index contributed by atoms with van der Waals surface area (Å²) in [6, 6.07) is 5.72. The lowest BCUT2D eigenvalue weighted by Gasteiger charge is -2.48. The number of benzene rings is 1. The van der Waals surface area contributed by atoms with Crippen molar-refractivity contribution < 1.29 is 9.94 Å². The van der Waals surface area contributed by atoms with Crippen molar-refractivity contribution in [1.29, 1.82) is 0 Å². The summed E-state index contributed by atoms with van der Waals surface area (Å²) in [4.78, 5) is 2.22. The molecule has 1 fully saturated rings. The molecule has 6 heteroatoms. The van der Waals surface area contributed by atoms with Crippen molar-refractivity contribution in [3.05, 3.63) is 28.2 Å². The molecule has 1 saturated heterocycles. The maximum Gasteiger partial charge on any atom is 0.172 e. The summed E-state index contributed by atoms with van der Waals surface area (Å²) in [7, 11) is 0. The molecule has 0 aromatic heterocycles. The second-order valence-electron chi connectivity index (χ2n) is 6.62. The maximum atomic E-state index is 8.99. The zero-order chi connectivity index (χ0) is 15.8. The zero-order valence-electron chi connectivity index (χ0n) is 12.9. The number of morpholine rings is 1. The summed E-state index contributed by atoms with van der Waals surface area (Å²) in [5.41, 5.74) is 6.92. The van der Waals surface area contributed by atoms with Crippen molar-refractivity contribution in [1.82, 2.24) is 0 Å². The molecular formula is C15H22BrN3O2. The van der Waals surface area contributed by atoms with Crippen molar-refractivity contribution in [3.8, 4) is 0 Å². The molecule has 0 amide bonds. The topological polar surface area (TPSA) is 71.1 Å². The Morgan fingerprint density at radius 2 is 1.86 bits per heavy atom. The number of hydrogen-bond donors (Lipinski definition) is 2. The van der Waals surface area contributed by atoms with Crippen LogP contribution in [0.5, 0.6) is 0 Å². The van der Waals surface area contributed by atoms with Crippen LogP contribution >= 0.6 is 15.9 Å². The highest BCUT2D eigenvalue weighted by Gasteiger charge is 2.38. The monoisotopic (exact) mass is 355 g/mol. The Morgan fingerprint density at radius 3 is 2.38 bits per heavy atom. The lowest BCUT2D eigenvalue weighted by Crippen LogP contribution is -2.57. The van der Waals surface area contributed by atoms with Crippen LogP contribution in [0.2, 0.25) is 0 Å². The van der Waals surface area contributed by atoms with Crippen molar-refractivity contribution in [2.24, 2.45) is 10.9 Å². The van der Waals surface area contributed by atoms with Crippen molar-refractivity contribution in [3.63, 3.8) is 0 Å². The maximum absolute atomic E-state index is 8.99. The van der Waals surface area contributed by atoms with Gasteiger partial charge >= 0.3 is 0 Å². The summed E-state index contributed by atoms with van der Waals surface area (Å²) < 4.78 is 7.06. The summed E-state index contributed by atoms with van der Waals surface area (Å²) in [6.07, 6.45) is 0. The van der Waals surface area contributed by atoms with Crippen LogP contribution in [-0.4, -0.2) is 35.3 Å². The molecule has 1 aliphatic rings. The number of halogens is 1. The van der Waals surface area contributed by atoms with Crippen LogP contribution in [-0.2, 0) is 4.74 Å². The SMILES string of the molecule is CC1(C)CN(c2cc(Br)ccc2/C(N)=N/O)CC(C)(C)O1. The van der Waals surface area contributed by atoms with Crippen LogP contribution in [0.3, 0.4) is 0 Å². The minimum Gasteiger partial charge on any atom is -0.409 e. The number of hydrogen-bond acceptors (Lipinski definition) is 4. The molecule has 116 valence electrons. The molecular weight excluding hydrogens is 334 g/mol. The molecule has 5 nitrogen and oxygen atoms in total. The van der Waals surface area contributed by atoms with Crippen LogP contribution in [0.4, 0.5) is 5.69 Å². The molecule has 1 aromatic carbocycles. The van der Waals surface area contributed by atoms with Crippen LogP contribution < -0.4 is 10.6 Å². The highest BCUT2D eigenvalue weighted by atomic mass is 79.9. The van der Waals surface area contributed by atoms with Gasteiger partial charge in [0.05, 0.1) is 11.2 Å². The first kappa shape index (κ1) is 16.1. The molecule has 0 spiro atoms. The Morgan fingerprint density at radius 1 is 1.29 bits per heavy atom. The summed E-state index contributed by atoms with van der Waals surface area (Å²) >= 11 is 3.49. The van der Waals surface area contributed by atoms with E-state index in [1.165, 1.54) is 0 Å². The van der Waals surface area contributed by atoms with Crippen molar-refractivity contribution in [2.45, 2.75) is 38.9 Å². The predicted octanol–water partition coefficient (Wildman–Crippen LogP) is 2.94. The largest absolute Gasteiger partial charge is 0.409 e.